The summed E-state index contributed by atoms with van der Waals surface area (Å²) < 4.78 is 54.0. The first-order chi connectivity index (χ1) is 36.9. The zero-order chi connectivity index (χ0) is 58.2. The summed E-state index contributed by atoms with van der Waals surface area (Å²) in [5.74, 6) is -1.86. The van der Waals surface area contributed by atoms with Gasteiger partial charge in [0.15, 0.2) is 25.2 Å². The third-order valence-corrected chi connectivity index (χ3v) is 20.2. The van der Waals surface area contributed by atoms with Gasteiger partial charge in [0.25, 0.3) is 0 Å². The average molecular weight is 1140 g/mol. The zero-order valence-electron chi connectivity index (χ0n) is 46.7. The number of esters is 1. The normalized spacial score (nSPS) is 50.5. The SMILES string of the molecule is CC(=O)OC[C@H]1O[C@@H](O[C@H]2CC[C@@]3(C)C(=C[C@H](O)[C@]4(C)[C@@H]3C[C@@H](O)[C@@H]3[C@@H]([C@](C)(CCC=C(C)C)O[C@@H]5O[C@H](CO[C@@H]6OC[C@@H](O)[C@H](O)[C@H]6O)[C@@H](O)[C@H](O)[C@H]5O)CC[C@]34C)C2(C)C)[C@H](O[C@@H]2O[C@H](CO)[C@@H](O)[C@H](O)[C@H]2O)[C@@H](O)[C@@H]1O. The van der Waals surface area contributed by atoms with E-state index in [0.717, 1.165) is 18.1 Å². The molecule has 4 aliphatic heterocycles. The molecule has 0 radical (unpaired) electrons. The quantitative estimate of drug-likeness (QED) is 0.0581. The van der Waals surface area contributed by atoms with Crippen molar-refractivity contribution in [1.82, 2.24) is 0 Å². The Balaban J connectivity index is 1.06. The summed E-state index contributed by atoms with van der Waals surface area (Å²) in [5.41, 5.74) is -2.40. The van der Waals surface area contributed by atoms with Gasteiger partial charge in [-0.1, -0.05) is 57.9 Å². The molecule has 454 valence electrons. The molecular weight excluding hydrogens is 1040 g/mol. The van der Waals surface area contributed by atoms with E-state index in [0.29, 0.717) is 38.5 Å². The molecule has 29 atom stereocenters. The highest BCUT2D eigenvalue weighted by Gasteiger charge is 2.73. The number of carbonyl (C=O) groups is 1. The molecule has 24 heteroatoms. The van der Waals surface area contributed by atoms with Crippen LogP contribution >= 0.6 is 0 Å². The number of aliphatic hydroxyl groups is 14. The number of rotatable bonds is 16. The van der Waals surface area contributed by atoms with Crippen molar-refractivity contribution < 1.29 is 119 Å². The predicted octanol–water partition coefficient (Wildman–Crippen LogP) is -2.10. The van der Waals surface area contributed by atoms with Crippen molar-refractivity contribution >= 4 is 5.97 Å². The molecule has 0 spiro atoms. The molecule has 3 saturated carbocycles. The minimum Gasteiger partial charge on any atom is -0.463 e. The van der Waals surface area contributed by atoms with Crippen molar-refractivity contribution in [3.8, 4) is 0 Å². The minimum atomic E-state index is -1.88. The Bertz CT molecular complexity index is 2160. The third kappa shape index (κ3) is 11.3. The second-order valence-electron chi connectivity index (χ2n) is 25.5. The maximum absolute atomic E-state index is 12.9. The van der Waals surface area contributed by atoms with E-state index in [9.17, 15) is 76.3 Å². The molecule has 4 aliphatic carbocycles. The van der Waals surface area contributed by atoms with Crippen LogP contribution in [0.3, 0.4) is 0 Å². The molecule has 0 bridgehead atoms. The molecule has 8 rings (SSSR count). The van der Waals surface area contributed by atoms with E-state index in [2.05, 4.69) is 26.8 Å². The lowest BCUT2D eigenvalue weighted by atomic mass is 9.37. The Labute approximate surface area is 460 Å². The van der Waals surface area contributed by atoms with Crippen molar-refractivity contribution in [3.63, 3.8) is 0 Å². The second-order valence-corrected chi connectivity index (χ2v) is 25.5. The van der Waals surface area contributed by atoms with Gasteiger partial charge in [-0.05, 0) is 94.3 Å². The van der Waals surface area contributed by atoms with Gasteiger partial charge in [0, 0.05) is 17.8 Å². The number of ether oxygens (including phenoxy) is 9. The van der Waals surface area contributed by atoms with Crippen molar-refractivity contribution in [2.45, 2.75) is 248 Å². The zero-order valence-corrected chi connectivity index (χ0v) is 46.7. The van der Waals surface area contributed by atoms with Crippen LogP contribution in [0.1, 0.15) is 107 Å². The maximum Gasteiger partial charge on any atom is 0.302 e. The average Bonchev–Trinajstić information content (AvgIpc) is 3.06. The molecule has 7 fully saturated rings. The molecule has 8 aliphatic rings. The number of hydrogen-bond donors (Lipinski definition) is 14. The molecule has 4 saturated heterocycles. The Hall–Kier alpha value is -1.93. The summed E-state index contributed by atoms with van der Waals surface area (Å²) in [7, 11) is 0. The van der Waals surface area contributed by atoms with Crippen LogP contribution in [0.15, 0.2) is 23.3 Å². The van der Waals surface area contributed by atoms with E-state index in [1.165, 1.54) is 0 Å². The first-order valence-corrected chi connectivity index (χ1v) is 28.0. The van der Waals surface area contributed by atoms with Crippen LogP contribution in [-0.2, 0) is 47.4 Å². The summed E-state index contributed by atoms with van der Waals surface area (Å²) in [6.45, 7) is 15.2. The molecule has 4 heterocycles. The van der Waals surface area contributed by atoms with E-state index < -0.39 is 200 Å². The number of allylic oxidation sites excluding steroid dienone is 2. The van der Waals surface area contributed by atoms with Gasteiger partial charge >= 0.3 is 5.97 Å². The van der Waals surface area contributed by atoms with Crippen LogP contribution in [0.25, 0.3) is 0 Å². The van der Waals surface area contributed by atoms with Crippen LogP contribution in [-0.4, -0.2) is 245 Å². The van der Waals surface area contributed by atoms with Crippen molar-refractivity contribution in [1.29, 1.82) is 0 Å². The lowest BCUT2D eigenvalue weighted by Crippen LogP contribution is -2.68. The predicted molar refractivity (Wildman–Crippen MR) is 271 cm³/mol. The van der Waals surface area contributed by atoms with Gasteiger partial charge in [0.05, 0.1) is 43.7 Å². The first kappa shape index (κ1) is 63.1. The monoisotopic (exact) mass is 1130 g/mol. The van der Waals surface area contributed by atoms with Gasteiger partial charge in [0.2, 0.25) is 0 Å². The number of aliphatic hydroxyl groups excluding tert-OH is 14. The van der Waals surface area contributed by atoms with Crippen molar-refractivity contribution in [2.75, 3.05) is 26.4 Å². The Morgan fingerprint density at radius 3 is 1.92 bits per heavy atom. The fourth-order valence-corrected chi connectivity index (χ4v) is 15.4. The van der Waals surface area contributed by atoms with Gasteiger partial charge in [-0.15, -0.1) is 0 Å². The summed E-state index contributed by atoms with van der Waals surface area (Å²) in [6, 6.07) is 0. The molecule has 0 unspecified atom stereocenters. The summed E-state index contributed by atoms with van der Waals surface area (Å²) in [4.78, 5) is 11.9. The molecule has 0 amide bonds. The molecule has 0 aromatic heterocycles. The third-order valence-electron chi connectivity index (χ3n) is 20.2. The highest BCUT2D eigenvalue weighted by atomic mass is 16.8. The first-order valence-electron chi connectivity index (χ1n) is 28.0. The number of hydrogen-bond acceptors (Lipinski definition) is 24. The number of fused-ring (bicyclic) bond motifs is 5. The molecule has 14 N–H and O–H groups in total. The summed E-state index contributed by atoms with van der Waals surface area (Å²) in [5, 5.41) is 155. The molecule has 79 heavy (non-hydrogen) atoms. The van der Waals surface area contributed by atoms with Gasteiger partial charge in [-0.3, -0.25) is 4.79 Å². The number of carbonyl (C=O) groups excluding carboxylic acids is 1. The van der Waals surface area contributed by atoms with Crippen LogP contribution < -0.4 is 0 Å². The lowest BCUT2D eigenvalue weighted by Gasteiger charge is -2.69. The smallest absolute Gasteiger partial charge is 0.302 e. The standard InChI is InChI=1S/C55H90O24/c1-23(2)11-10-14-54(8,79-49-45(70)41(66)38(63)30(75-49)22-73-47-43(68)36(61)27(59)20-72-47)25-12-16-53(7)35(25)26(58)17-32-52(6)15-13-34(51(4,5)31(52)18-33(60)55(32,53)9)77-50-46(42(67)39(64)29(76-50)21-71-24(3)57)78-48-44(69)40(65)37(62)28(19-56)74-48/h11,18,25-30,32-50,56,58-70H,10,12-17,19-22H2,1-9H3/t25-,26+,27+,28+,29+,30+,32+,33-,34-,35-,36-,37+,38+,39+,40-,41-,42-,43+,44+,45+,46+,47-,48-,49-,50-,52-,53+,54-,55-/m0/s1. The highest BCUT2D eigenvalue weighted by Crippen LogP contribution is 2.75. The Morgan fingerprint density at radius 1 is 0.684 bits per heavy atom. The van der Waals surface area contributed by atoms with E-state index in [1.54, 1.807) is 0 Å². The van der Waals surface area contributed by atoms with Gasteiger partial charge in [0.1, 0.15) is 98.2 Å². The van der Waals surface area contributed by atoms with Crippen LogP contribution in [0, 0.1) is 39.4 Å². The van der Waals surface area contributed by atoms with Crippen LogP contribution in [0.4, 0.5) is 0 Å². The largest absolute Gasteiger partial charge is 0.463 e. The summed E-state index contributed by atoms with van der Waals surface area (Å²) >= 11 is 0. The van der Waals surface area contributed by atoms with E-state index in [4.69, 9.17) is 42.6 Å². The van der Waals surface area contributed by atoms with E-state index in [-0.39, 0.29) is 18.9 Å². The van der Waals surface area contributed by atoms with E-state index >= 15 is 0 Å². The van der Waals surface area contributed by atoms with Gasteiger partial charge < -0.3 is 114 Å². The fourth-order valence-electron chi connectivity index (χ4n) is 15.4. The van der Waals surface area contributed by atoms with E-state index in [1.807, 2.05) is 40.7 Å². The maximum atomic E-state index is 12.9. The molecule has 0 aromatic carbocycles. The van der Waals surface area contributed by atoms with Crippen LogP contribution in [0.2, 0.25) is 0 Å². The molecule has 24 nitrogen and oxygen atoms in total. The summed E-state index contributed by atoms with van der Waals surface area (Å²) in [6.07, 6.45) is -26.1. The van der Waals surface area contributed by atoms with Gasteiger partial charge in [-0.25, -0.2) is 0 Å². The van der Waals surface area contributed by atoms with Crippen molar-refractivity contribution in [2.24, 2.45) is 39.4 Å². The second kappa shape index (κ2) is 23.8. The lowest BCUT2D eigenvalue weighted by molar-refractivity contribution is -0.375. The Morgan fingerprint density at radius 2 is 1.28 bits per heavy atom. The topological polar surface area (TPSA) is 383 Å². The van der Waals surface area contributed by atoms with Crippen LogP contribution in [0.5, 0.6) is 0 Å². The Kier molecular flexibility index (Phi) is 19.0. The minimum absolute atomic E-state index is 0.278. The van der Waals surface area contributed by atoms with Gasteiger partial charge in [-0.2, -0.15) is 0 Å². The molecule has 0 aromatic rings. The highest BCUT2D eigenvalue weighted by molar-refractivity contribution is 5.65. The fraction of sp³-hybridized carbons (Fsp3) is 0.909. The molecular formula is C55H90O24. The van der Waals surface area contributed by atoms with Crippen molar-refractivity contribution in [3.05, 3.63) is 23.3 Å².